The number of hydrogen-bond acceptors (Lipinski definition) is 2. The topological polar surface area (TPSA) is 12.0 Å². The van der Waals surface area contributed by atoms with Crippen molar-refractivity contribution in [2.45, 2.75) is 24.5 Å². The molecule has 2 rings (SSSR count). The third-order valence-corrected chi connectivity index (χ3v) is 3.98. The van der Waals surface area contributed by atoms with E-state index in [1.165, 1.54) is 0 Å². The number of rotatable bonds is 5. The quantitative estimate of drug-likeness (QED) is 0.756. The summed E-state index contributed by atoms with van der Waals surface area (Å²) in [6.07, 6.45) is -4.16. The monoisotopic (exact) mass is 311 g/mol. The molecule has 0 saturated heterocycles. The van der Waals surface area contributed by atoms with Crippen molar-refractivity contribution in [1.82, 2.24) is 0 Å². The molecule has 0 aliphatic rings. The molecule has 112 valence electrons. The Bertz CT molecular complexity index is 596. The van der Waals surface area contributed by atoms with Crippen LogP contribution < -0.4 is 5.32 Å². The maximum atomic E-state index is 12.3. The van der Waals surface area contributed by atoms with Gasteiger partial charge >= 0.3 is 6.18 Å². The van der Waals surface area contributed by atoms with Crippen LogP contribution in [0.4, 0.5) is 18.9 Å². The molecule has 5 heteroatoms. The Hall–Kier alpha value is -1.62. The summed E-state index contributed by atoms with van der Waals surface area (Å²) in [5.74, 6) is -0.879. The third kappa shape index (κ3) is 5.34. The van der Waals surface area contributed by atoms with Crippen molar-refractivity contribution in [3.63, 3.8) is 0 Å². The van der Waals surface area contributed by atoms with Gasteiger partial charge in [0.15, 0.2) is 0 Å². The summed E-state index contributed by atoms with van der Waals surface area (Å²) in [7, 11) is 0. The van der Waals surface area contributed by atoms with Gasteiger partial charge in [0, 0.05) is 17.1 Å². The van der Waals surface area contributed by atoms with Gasteiger partial charge in [-0.3, -0.25) is 0 Å². The highest BCUT2D eigenvalue weighted by molar-refractivity contribution is 7.99. The van der Waals surface area contributed by atoms with Crippen molar-refractivity contribution in [1.29, 1.82) is 0 Å². The number of anilines is 1. The highest BCUT2D eigenvalue weighted by atomic mass is 32.2. The smallest absolute Gasteiger partial charge is 0.380 e. The van der Waals surface area contributed by atoms with Crippen LogP contribution in [-0.4, -0.2) is 11.9 Å². The molecule has 0 aliphatic carbocycles. The van der Waals surface area contributed by atoms with Crippen LogP contribution in [0.3, 0.4) is 0 Å². The number of thioether (sulfide) groups is 1. The van der Waals surface area contributed by atoms with Crippen molar-refractivity contribution in [3.05, 3.63) is 59.7 Å². The normalized spacial score (nSPS) is 11.4. The summed E-state index contributed by atoms with van der Waals surface area (Å²) in [4.78, 5) is 0.613. The van der Waals surface area contributed by atoms with E-state index in [-0.39, 0.29) is 0 Å². The first-order valence-corrected chi connectivity index (χ1v) is 7.50. The lowest BCUT2D eigenvalue weighted by Gasteiger charge is -2.13. The SMILES string of the molecule is Cc1cccc(CNc2ccccc2SCC(F)(F)F)c1. The minimum atomic E-state index is -4.16. The van der Waals surface area contributed by atoms with Gasteiger partial charge in [-0.05, 0) is 24.6 Å². The van der Waals surface area contributed by atoms with E-state index in [0.29, 0.717) is 11.4 Å². The van der Waals surface area contributed by atoms with Crippen LogP contribution in [0.5, 0.6) is 0 Å². The molecule has 1 N–H and O–H groups in total. The molecule has 0 aromatic heterocycles. The Morgan fingerprint density at radius 1 is 1.05 bits per heavy atom. The average Bonchev–Trinajstić information content (AvgIpc) is 2.43. The van der Waals surface area contributed by atoms with E-state index in [1.807, 2.05) is 31.2 Å². The van der Waals surface area contributed by atoms with Gasteiger partial charge in [0.25, 0.3) is 0 Å². The molecule has 0 atom stereocenters. The fourth-order valence-corrected chi connectivity index (χ4v) is 2.71. The minimum absolute atomic E-state index is 0.589. The second-order valence-corrected chi connectivity index (χ2v) is 5.76. The highest BCUT2D eigenvalue weighted by Crippen LogP contribution is 2.32. The van der Waals surface area contributed by atoms with Gasteiger partial charge < -0.3 is 5.32 Å². The fourth-order valence-electron chi connectivity index (χ4n) is 1.92. The van der Waals surface area contributed by atoms with E-state index in [9.17, 15) is 13.2 Å². The van der Waals surface area contributed by atoms with E-state index in [0.717, 1.165) is 28.6 Å². The van der Waals surface area contributed by atoms with E-state index in [1.54, 1.807) is 18.2 Å². The summed E-state index contributed by atoms with van der Waals surface area (Å²) in [5.41, 5.74) is 2.99. The van der Waals surface area contributed by atoms with Crippen LogP contribution in [-0.2, 0) is 6.54 Å². The molecular weight excluding hydrogens is 295 g/mol. The van der Waals surface area contributed by atoms with Crippen LogP contribution in [0, 0.1) is 6.92 Å². The number of para-hydroxylation sites is 1. The van der Waals surface area contributed by atoms with Gasteiger partial charge in [-0.2, -0.15) is 13.2 Å². The molecule has 0 heterocycles. The zero-order valence-electron chi connectivity index (χ0n) is 11.6. The number of benzene rings is 2. The van der Waals surface area contributed by atoms with Gasteiger partial charge in [-0.1, -0.05) is 42.0 Å². The summed E-state index contributed by atoms with van der Waals surface area (Å²) in [6, 6.07) is 15.1. The zero-order chi connectivity index (χ0) is 15.3. The molecule has 0 radical (unpaired) electrons. The minimum Gasteiger partial charge on any atom is -0.380 e. The largest absolute Gasteiger partial charge is 0.398 e. The van der Waals surface area contributed by atoms with Gasteiger partial charge in [-0.25, -0.2) is 0 Å². The molecule has 0 amide bonds. The molecule has 0 spiro atoms. The maximum Gasteiger partial charge on any atom is 0.398 e. The second kappa shape index (κ2) is 6.89. The Morgan fingerprint density at radius 2 is 1.81 bits per heavy atom. The number of alkyl halides is 3. The van der Waals surface area contributed by atoms with Crippen molar-refractivity contribution >= 4 is 17.4 Å². The number of nitrogens with one attached hydrogen (secondary N) is 1. The van der Waals surface area contributed by atoms with Crippen LogP contribution >= 0.6 is 11.8 Å². The van der Waals surface area contributed by atoms with Gasteiger partial charge in [0.05, 0.1) is 5.75 Å². The van der Waals surface area contributed by atoms with Crippen LogP contribution in [0.2, 0.25) is 0 Å². The van der Waals surface area contributed by atoms with Gasteiger partial charge in [-0.15, -0.1) is 11.8 Å². The molecule has 0 fully saturated rings. The lowest BCUT2D eigenvalue weighted by molar-refractivity contribution is -0.105. The number of aryl methyl sites for hydroxylation is 1. The first kappa shape index (κ1) is 15.8. The molecule has 2 aromatic carbocycles. The van der Waals surface area contributed by atoms with Gasteiger partial charge in [0.2, 0.25) is 0 Å². The van der Waals surface area contributed by atoms with Crippen molar-refractivity contribution < 1.29 is 13.2 Å². The summed E-state index contributed by atoms with van der Waals surface area (Å²) in [5, 5.41) is 3.20. The summed E-state index contributed by atoms with van der Waals surface area (Å²) >= 11 is 0.805. The summed E-state index contributed by atoms with van der Waals surface area (Å²) < 4.78 is 37.0. The Labute approximate surface area is 126 Å². The molecular formula is C16H16F3NS. The third-order valence-electron chi connectivity index (χ3n) is 2.84. The van der Waals surface area contributed by atoms with Crippen LogP contribution in [0.1, 0.15) is 11.1 Å². The van der Waals surface area contributed by atoms with Gasteiger partial charge in [0.1, 0.15) is 0 Å². The van der Waals surface area contributed by atoms with Crippen molar-refractivity contribution in [3.8, 4) is 0 Å². The Morgan fingerprint density at radius 3 is 2.52 bits per heavy atom. The molecule has 1 nitrogen and oxygen atoms in total. The van der Waals surface area contributed by atoms with E-state index < -0.39 is 11.9 Å². The molecule has 0 aliphatic heterocycles. The fraction of sp³-hybridized carbons (Fsp3) is 0.250. The maximum absolute atomic E-state index is 12.3. The molecule has 0 saturated carbocycles. The first-order chi connectivity index (χ1) is 9.94. The number of halogens is 3. The lowest BCUT2D eigenvalue weighted by atomic mass is 10.1. The zero-order valence-corrected chi connectivity index (χ0v) is 12.4. The predicted octanol–water partition coefficient (Wildman–Crippen LogP) is 5.26. The van der Waals surface area contributed by atoms with E-state index in [4.69, 9.17) is 0 Å². The predicted molar refractivity (Wildman–Crippen MR) is 81.7 cm³/mol. The molecule has 0 unspecified atom stereocenters. The van der Waals surface area contributed by atoms with Crippen LogP contribution in [0.15, 0.2) is 53.4 Å². The Balaban J connectivity index is 2.03. The van der Waals surface area contributed by atoms with Crippen molar-refractivity contribution in [2.24, 2.45) is 0 Å². The first-order valence-electron chi connectivity index (χ1n) is 6.52. The van der Waals surface area contributed by atoms with Crippen LogP contribution in [0.25, 0.3) is 0 Å². The highest BCUT2D eigenvalue weighted by Gasteiger charge is 2.27. The van der Waals surface area contributed by atoms with E-state index >= 15 is 0 Å². The molecule has 2 aromatic rings. The van der Waals surface area contributed by atoms with Crippen molar-refractivity contribution in [2.75, 3.05) is 11.1 Å². The molecule has 0 bridgehead atoms. The average molecular weight is 311 g/mol. The van der Waals surface area contributed by atoms with E-state index in [2.05, 4.69) is 11.4 Å². The lowest BCUT2D eigenvalue weighted by Crippen LogP contribution is -2.11. The number of hydrogen-bond donors (Lipinski definition) is 1. The Kier molecular flexibility index (Phi) is 5.17. The second-order valence-electron chi connectivity index (χ2n) is 4.74. The summed E-state index contributed by atoms with van der Waals surface area (Å²) in [6.45, 7) is 2.60. The molecule has 21 heavy (non-hydrogen) atoms. The standard InChI is InChI=1S/C16H16F3NS/c1-12-5-4-6-13(9-12)10-20-14-7-2-3-8-15(14)21-11-16(17,18)19/h2-9,20H,10-11H2,1H3.